The summed E-state index contributed by atoms with van der Waals surface area (Å²) < 4.78 is 0.873. The smallest absolute Gasteiger partial charge is 0.260 e. The van der Waals surface area contributed by atoms with Crippen molar-refractivity contribution < 1.29 is 14.4 Å². The third-order valence-electron chi connectivity index (χ3n) is 5.30. The van der Waals surface area contributed by atoms with Gasteiger partial charge in [0.05, 0.1) is 27.6 Å². The molecule has 0 spiro atoms. The quantitative estimate of drug-likeness (QED) is 0.385. The van der Waals surface area contributed by atoms with Crippen molar-refractivity contribution in [2.75, 3.05) is 9.80 Å². The van der Waals surface area contributed by atoms with Crippen molar-refractivity contribution in [3.05, 3.63) is 83.1 Å². The molecular formula is C24H17ClN4O3S. The van der Waals surface area contributed by atoms with Gasteiger partial charge >= 0.3 is 0 Å². The number of hydrogen-bond donors (Lipinski definition) is 0. The molecule has 2 aromatic heterocycles. The van der Waals surface area contributed by atoms with Crippen LogP contribution >= 0.6 is 22.9 Å². The monoisotopic (exact) mass is 476 g/mol. The summed E-state index contributed by atoms with van der Waals surface area (Å²) in [5, 5.41) is 1.02. The fraction of sp³-hybridized carbons (Fsp3) is 0.125. The number of rotatable bonds is 5. The SMILES string of the molecule is O=C(c1ccc(N2C(=O)CCC2=O)cc1)N(Cc1ccccn1)c1nc2c(Cl)cccc2s1. The molecular weight excluding hydrogens is 460 g/mol. The molecule has 0 radical (unpaired) electrons. The van der Waals surface area contributed by atoms with Crippen molar-refractivity contribution in [1.82, 2.24) is 9.97 Å². The first-order valence-corrected chi connectivity index (χ1v) is 11.4. The number of imide groups is 1. The van der Waals surface area contributed by atoms with Crippen LogP contribution in [0, 0.1) is 0 Å². The van der Waals surface area contributed by atoms with Gasteiger partial charge in [0.2, 0.25) is 11.8 Å². The standard InChI is InChI=1S/C24H17ClN4O3S/c25-18-5-3-6-19-22(18)27-24(33-19)28(14-16-4-1-2-13-26-16)23(32)15-7-9-17(10-8-15)29-20(30)11-12-21(29)31/h1-10,13H,11-12,14H2. The second-order valence-corrected chi connectivity index (χ2v) is 8.88. The molecule has 0 unspecified atom stereocenters. The van der Waals surface area contributed by atoms with Crippen LogP contribution in [0.5, 0.6) is 0 Å². The molecule has 2 aromatic carbocycles. The molecule has 4 aromatic rings. The number of fused-ring (bicyclic) bond motifs is 1. The lowest BCUT2D eigenvalue weighted by atomic mass is 10.1. The Morgan fingerprint density at radius 2 is 1.76 bits per heavy atom. The third kappa shape index (κ3) is 4.10. The second-order valence-electron chi connectivity index (χ2n) is 7.47. The van der Waals surface area contributed by atoms with E-state index >= 15 is 0 Å². The van der Waals surface area contributed by atoms with Crippen LogP contribution in [0.3, 0.4) is 0 Å². The number of amides is 3. The number of anilines is 2. The van der Waals surface area contributed by atoms with E-state index in [0.717, 1.165) is 9.60 Å². The van der Waals surface area contributed by atoms with Crippen molar-refractivity contribution in [1.29, 1.82) is 0 Å². The molecule has 9 heteroatoms. The molecule has 1 aliphatic rings. The molecule has 1 fully saturated rings. The van der Waals surface area contributed by atoms with E-state index in [9.17, 15) is 14.4 Å². The maximum Gasteiger partial charge on any atom is 0.260 e. The molecule has 33 heavy (non-hydrogen) atoms. The van der Waals surface area contributed by atoms with Gasteiger partial charge in [-0.25, -0.2) is 4.98 Å². The minimum atomic E-state index is -0.276. The summed E-state index contributed by atoms with van der Waals surface area (Å²) in [6.07, 6.45) is 2.08. The Morgan fingerprint density at radius 3 is 2.42 bits per heavy atom. The van der Waals surface area contributed by atoms with E-state index in [-0.39, 0.29) is 37.1 Å². The Balaban J connectivity index is 1.50. The summed E-state index contributed by atoms with van der Waals surface area (Å²) in [5.74, 6) is -0.745. The molecule has 5 rings (SSSR count). The number of carbonyl (C=O) groups is 3. The van der Waals surface area contributed by atoms with Crippen molar-refractivity contribution >= 4 is 61.7 Å². The van der Waals surface area contributed by atoms with Gasteiger partial charge in [0.15, 0.2) is 5.13 Å². The lowest BCUT2D eigenvalue weighted by Crippen LogP contribution is -2.31. The molecule has 7 nitrogen and oxygen atoms in total. The van der Waals surface area contributed by atoms with Crippen LogP contribution in [0.25, 0.3) is 10.2 Å². The van der Waals surface area contributed by atoms with Gasteiger partial charge in [-0.2, -0.15) is 0 Å². The van der Waals surface area contributed by atoms with Gasteiger partial charge in [0.1, 0.15) is 5.52 Å². The van der Waals surface area contributed by atoms with Crippen LogP contribution in [-0.4, -0.2) is 27.7 Å². The van der Waals surface area contributed by atoms with E-state index in [1.807, 2.05) is 30.3 Å². The maximum absolute atomic E-state index is 13.6. The van der Waals surface area contributed by atoms with Gasteiger partial charge < -0.3 is 0 Å². The van der Waals surface area contributed by atoms with Crippen LogP contribution in [-0.2, 0) is 16.1 Å². The molecule has 0 bridgehead atoms. The highest BCUT2D eigenvalue weighted by atomic mass is 35.5. The number of nitrogens with zero attached hydrogens (tertiary/aromatic N) is 4. The van der Waals surface area contributed by atoms with Gasteiger partial charge in [-0.15, -0.1) is 0 Å². The van der Waals surface area contributed by atoms with Gasteiger partial charge in [0, 0.05) is 24.6 Å². The number of carbonyl (C=O) groups excluding carboxylic acids is 3. The zero-order valence-electron chi connectivity index (χ0n) is 17.3. The zero-order chi connectivity index (χ0) is 22.9. The number of benzene rings is 2. The molecule has 0 N–H and O–H groups in total. The van der Waals surface area contributed by atoms with Crippen molar-refractivity contribution in [3.8, 4) is 0 Å². The second kappa shape index (κ2) is 8.73. The number of halogens is 1. The van der Waals surface area contributed by atoms with E-state index in [2.05, 4.69) is 9.97 Å². The Labute approximate surface area is 198 Å². The maximum atomic E-state index is 13.6. The highest BCUT2D eigenvalue weighted by molar-refractivity contribution is 7.22. The minimum absolute atomic E-state index is 0.206. The minimum Gasteiger partial charge on any atom is -0.278 e. The normalized spacial score (nSPS) is 13.7. The Hall–Kier alpha value is -3.62. The van der Waals surface area contributed by atoms with Gasteiger partial charge in [-0.05, 0) is 48.5 Å². The first-order valence-electron chi connectivity index (χ1n) is 10.2. The topological polar surface area (TPSA) is 83.5 Å². The first kappa shape index (κ1) is 21.2. The van der Waals surface area contributed by atoms with Crippen LogP contribution in [0.4, 0.5) is 10.8 Å². The van der Waals surface area contributed by atoms with E-state index in [4.69, 9.17) is 11.6 Å². The molecule has 1 saturated heterocycles. The fourth-order valence-corrected chi connectivity index (χ4v) is 4.94. The summed E-state index contributed by atoms with van der Waals surface area (Å²) in [6, 6.07) is 17.5. The molecule has 0 atom stereocenters. The highest BCUT2D eigenvalue weighted by Crippen LogP contribution is 2.34. The molecule has 0 aliphatic carbocycles. The number of thiazole rings is 1. The third-order valence-corrected chi connectivity index (χ3v) is 6.65. The van der Waals surface area contributed by atoms with E-state index in [1.165, 1.54) is 11.3 Å². The molecule has 3 amide bonds. The highest BCUT2D eigenvalue weighted by Gasteiger charge is 2.30. The summed E-state index contributed by atoms with van der Waals surface area (Å²) in [5.41, 5.74) is 2.21. The predicted molar refractivity (Wildman–Crippen MR) is 128 cm³/mol. The van der Waals surface area contributed by atoms with E-state index < -0.39 is 0 Å². The first-order chi connectivity index (χ1) is 16.0. The Kier molecular flexibility index (Phi) is 5.62. The average molecular weight is 477 g/mol. The van der Waals surface area contributed by atoms with Gasteiger partial charge in [-0.1, -0.05) is 35.1 Å². The number of pyridine rings is 1. The molecule has 1 aliphatic heterocycles. The molecule has 0 saturated carbocycles. The molecule has 3 heterocycles. The summed E-state index contributed by atoms with van der Waals surface area (Å²) in [4.78, 5) is 49.3. The largest absolute Gasteiger partial charge is 0.278 e. The van der Waals surface area contributed by atoms with Gasteiger partial charge in [0.25, 0.3) is 5.91 Å². The number of hydrogen-bond acceptors (Lipinski definition) is 6. The predicted octanol–water partition coefficient (Wildman–Crippen LogP) is 4.85. The Morgan fingerprint density at radius 1 is 1.00 bits per heavy atom. The summed E-state index contributed by atoms with van der Waals surface area (Å²) in [7, 11) is 0. The molecule has 164 valence electrons. The number of para-hydroxylation sites is 1. The van der Waals surface area contributed by atoms with Crippen LogP contribution < -0.4 is 9.80 Å². The average Bonchev–Trinajstić information content (AvgIpc) is 3.41. The number of aromatic nitrogens is 2. The van der Waals surface area contributed by atoms with Crippen molar-refractivity contribution in [2.24, 2.45) is 0 Å². The van der Waals surface area contributed by atoms with Crippen LogP contribution in [0.1, 0.15) is 28.9 Å². The van der Waals surface area contributed by atoms with Crippen LogP contribution in [0.2, 0.25) is 5.02 Å². The summed E-state index contributed by atoms with van der Waals surface area (Å²) >= 11 is 7.67. The van der Waals surface area contributed by atoms with Crippen molar-refractivity contribution in [2.45, 2.75) is 19.4 Å². The van der Waals surface area contributed by atoms with Crippen LogP contribution in [0.15, 0.2) is 66.9 Å². The lowest BCUT2D eigenvalue weighted by molar-refractivity contribution is -0.121. The van der Waals surface area contributed by atoms with Crippen molar-refractivity contribution in [3.63, 3.8) is 0 Å². The van der Waals surface area contributed by atoms with E-state index in [0.29, 0.717) is 32.6 Å². The van der Waals surface area contributed by atoms with E-state index in [1.54, 1.807) is 41.4 Å². The van der Waals surface area contributed by atoms with Gasteiger partial charge in [-0.3, -0.25) is 29.2 Å². The lowest BCUT2D eigenvalue weighted by Gasteiger charge is -2.20. The fourth-order valence-electron chi connectivity index (χ4n) is 3.67. The Bertz CT molecular complexity index is 1360. The zero-order valence-corrected chi connectivity index (χ0v) is 18.8. The summed E-state index contributed by atoms with van der Waals surface area (Å²) in [6.45, 7) is 0.224.